The van der Waals surface area contributed by atoms with Crippen molar-refractivity contribution in [3.05, 3.63) is 64.5 Å². The number of hydrogen-bond donors (Lipinski definition) is 3. The summed E-state index contributed by atoms with van der Waals surface area (Å²) in [6.07, 6.45) is 0.759. The number of aldehydes is 1. The van der Waals surface area contributed by atoms with Crippen molar-refractivity contribution in [2.75, 3.05) is 17.2 Å². The number of hydrogen-bond acceptors (Lipinski definition) is 6. The standard InChI is InChI=1S/C12H10FNO2S.C8H8FNOS/c1-6-2-3-7(9(13)4-6)8-5-17-11(14)10(8)12(15)16;9-6-1-2-7(10)8(5-6)12-4-3-11/h2-5H,14H2,1H3,(H,15,16);1-3,5H,4,10H2. The van der Waals surface area contributed by atoms with E-state index >= 15 is 0 Å². The van der Waals surface area contributed by atoms with Gasteiger partial charge in [0.25, 0.3) is 0 Å². The van der Waals surface area contributed by atoms with Gasteiger partial charge in [-0.05, 0) is 36.8 Å². The molecule has 0 aliphatic carbocycles. The van der Waals surface area contributed by atoms with E-state index in [-0.39, 0.29) is 21.9 Å². The van der Waals surface area contributed by atoms with Gasteiger partial charge < -0.3 is 21.4 Å². The van der Waals surface area contributed by atoms with E-state index in [0.29, 0.717) is 21.9 Å². The number of carbonyl (C=O) groups excluding carboxylic acids is 1. The third kappa shape index (κ3) is 5.78. The Labute approximate surface area is 174 Å². The average molecular weight is 437 g/mol. The van der Waals surface area contributed by atoms with Gasteiger partial charge in [-0.1, -0.05) is 12.1 Å². The molecule has 5 nitrogen and oxygen atoms in total. The van der Waals surface area contributed by atoms with Crippen molar-refractivity contribution >= 4 is 46.0 Å². The number of benzene rings is 2. The highest BCUT2D eigenvalue weighted by Crippen LogP contribution is 2.35. The third-order valence-corrected chi connectivity index (χ3v) is 5.51. The van der Waals surface area contributed by atoms with Crippen LogP contribution in [0.15, 0.2) is 46.7 Å². The van der Waals surface area contributed by atoms with Crippen LogP contribution in [0.25, 0.3) is 11.1 Å². The lowest BCUT2D eigenvalue weighted by atomic mass is 10.0. The van der Waals surface area contributed by atoms with Gasteiger partial charge in [0.2, 0.25) is 0 Å². The predicted octanol–water partition coefficient (Wildman–Crippen LogP) is 4.84. The maximum absolute atomic E-state index is 13.8. The maximum atomic E-state index is 13.8. The van der Waals surface area contributed by atoms with Crippen LogP contribution >= 0.6 is 23.1 Å². The number of nitrogens with two attached hydrogens (primary N) is 2. The Morgan fingerprint density at radius 3 is 2.52 bits per heavy atom. The van der Waals surface area contributed by atoms with Gasteiger partial charge in [0.1, 0.15) is 28.5 Å². The van der Waals surface area contributed by atoms with Crippen LogP contribution in [0.5, 0.6) is 0 Å². The Morgan fingerprint density at radius 1 is 1.17 bits per heavy atom. The molecule has 9 heteroatoms. The fourth-order valence-electron chi connectivity index (χ4n) is 2.39. The van der Waals surface area contributed by atoms with Gasteiger partial charge >= 0.3 is 5.97 Å². The molecule has 3 aromatic rings. The van der Waals surface area contributed by atoms with Crippen LogP contribution in [0, 0.1) is 18.6 Å². The summed E-state index contributed by atoms with van der Waals surface area (Å²) in [4.78, 5) is 21.7. The lowest BCUT2D eigenvalue weighted by Gasteiger charge is -2.04. The SMILES string of the molecule is Cc1ccc(-c2csc(N)c2C(=O)O)c(F)c1.Nc1ccc(F)cc1SCC=O. The highest BCUT2D eigenvalue weighted by molar-refractivity contribution is 8.00. The number of thiophene rings is 1. The molecule has 29 heavy (non-hydrogen) atoms. The van der Waals surface area contributed by atoms with Gasteiger partial charge in [-0.2, -0.15) is 0 Å². The van der Waals surface area contributed by atoms with E-state index < -0.39 is 11.8 Å². The zero-order valence-electron chi connectivity index (χ0n) is 15.3. The van der Waals surface area contributed by atoms with Crippen molar-refractivity contribution in [1.29, 1.82) is 0 Å². The molecule has 0 unspecified atom stereocenters. The number of rotatable bonds is 5. The van der Waals surface area contributed by atoms with E-state index in [0.717, 1.165) is 23.2 Å². The van der Waals surface area contributed by atoms with E-state index in [1.54, 1.807) is 24.4 Å². The monoisotopic (exact) mass is 436 g/mol. The molecule has 1 heterocycles. The van der Waals surface area contributed by atoms with Crippen molar-refractivity contribution in [3.63, 3.8) is 0 Å². The summed E-state index contributed by atoms with van der Waals surface area (Å²) in [5.41, 5.74) is 13.0. The van der Waals surface area contributed by atoms with Gasteiger partial charge in [-0.15, -0.1) is 23.1 Å². The van der Waals surface area contributed by atoms with Crippen molar-refractivity contribution in [2.45, 2.75) is 11.8 Å². The molecule has 0 saturated carbocycles. The molecule has 0 radical (unpaired) electrons. The van der Waals surface area contributed by atoms with Gasteiger partial charge in [-0.3, -0.25) is 0 Å². The third-order valence-electron chi connectivity index (χ3n) is 3.73. The number of halogens is 2. The summed E-state index contributed by atoms with van der Waals surface area (Å²) >= 11 is 2.33. The molecule has 5 N–H and O–H groups in total. The lowest BCUT2D eigenvalue weighted by molar-refractivity contribution is -0.105. The lowest BCUT2D eigenvalue weighted by Crippen LogP contribution is -2.01. The highest BCUT2D eigenvalue weighted by Gasteiger charge is 2.19. The summed E-state index contributed by atoms with van der Waals surface area (Å²) in [7, 11) is 0. The van der Waals surface area contributed by atoms with Crippen molar-refractivity contribution in [3.8, 4) is 11.1 Å². The average Bonchev–Trinajstić information content (AvgIpc) is 3.04. The maximum Gasteiger partial charge on any atom is 0.339 e. The minimum Gasteiger partial charge on any atom is -0.478 e. The van der Waals surface area contributed by atoms with Crippen LogP contribution in [0.2, 0.25) is 0 Å². The van der Waals surface area contributed by atoms with Gasteiger partial charge in [0, 0.05) is 27.1 Å². The normalized spacial score (nSPS) is 10.2. The molecule has 0 fully saturated rings. The number of carboxylic acid groups (broad SMARTS) is 1. The molecular weight excluding hydrogens is 418 g/mol. The topological polar surface area (TPSA) is 106 Å². The second-order valence-corrected chi connectivity index (χ2v) is 7.81. The van der Waals surface area contributed by atoms with Gasteiger partial charge in [0.05, 0.1) is 5.75 Å². The summed E-state index contributed by atoms with van der Waals surface area (Å²) in [6, 6.07) is 8.78. The number of thioether (sulfide) groups is 1. The molecule has 3 rings (SSSR count). The van der Waals surface area contributed by atoms with E-state index in [4.69, 9.17) is 16.6 Å². The molecule has 0 spiro atoms. The minimum absolute atomic E-state index is 0.0299. The summed E-state index contributed by atoms with van der Waals surface area (Å²) in [5.74, 6) is -1.62. The number of nitrogen functional groups attached to an aromatic ring is 2. The van der Waals surface area contributed by atoms with Crippen LogP contribution in [-0.2, 0) is 4.79 Å². The zero-order valence-corrected chi connectivity index (χ0v) is 16.9. The molecule has 0 aliphatic rings. The van der Waals surface area contributed by atoms with Crippen LogP contribution < -0.4 is 11.5 Å². The second-order valence-electron chi connectivity index (χ2n) is 5.84. The van der Waals surface area contributed by atoms with Gasteiger partial charge in [0.15, 0.2) is 0 Å². The summed E-state index contributed by atoms with van der Waals surface area (Å²) < 4.78 is 26.4. The smallest absolute Gasteiger partial charge is 0.339 e. The Balaban J connectivity index is 0.000000221. The van der Waals surface area contributed by atoms with Crippen molar-refractivity contribution in [1.82, 2.24) is 0 Å². The highest BCUT2D eigenvalue weighted by atomic mass is 32.2. The zero-order chi connectivity index (χ0) is 21.6. The molecule has 0 saturated heterocycles. The first-order chi connectivity index (χ1) is 13.7. The molecule has 0 bridgehead atoms. The summed E-state index contributed by atoms with van der Waals surface area (Å²) in [5, 5.41) is 10.8. The Kier molecular flexibility index (Phi) is 7.74. The summed E-state index contributed by atoms with van der Waals surface area (Å²) in [6.45, 7) is 1.77. The predicted molar refractivity (Wildman–Crippen MR) is 113 cm³/mol. The number of carboxylic acids is 1. The van der Waals surface area contributed by atoms with E-state index in [1.165, 1.54) is 36.0 Å². The van der Waals surface area contributed by atoms with Crippen molar-refractivity contribution in [2.24, 2.45) is 0 Å². The van der Waals surface area contributed by atoms with Crippen LogP contribution in [0.4, 0.5) is 19.5 Å². The number of carbonyl (C=O) groups is 2. The van der Waals surface area contributed by atoms with Crippen LogP contribution in [0.3, 0.4) is 0 Å². The Hall–Kier alpha value is -2.91. The van der Waals surface area contributed by atoms with E-state index in [9.17, 15) is 18.4 Å². The molecule has 0 amide bonds. The first-order valence-corrected chi connectivity index (χ1v) is 10.1. The Bertz CT molecular complexity index is 1040. The van der Waals surface area contributed by atoms with E-state index in [1.807, 2.05) is 0 Å². The largest absolute Gasteiger partial charge is 0.478 e. The second kappa shape index (κ2) is 10.0. The van der Waals surface area contributed by atoms with Crippen LogP contribution in [-0.4, -0.2) is 23.1 Å². The number of anilines is 2. The number of aromatic carboxylic acids is 1. The fraction of sp³-hybridized carbons (Fsp3) is 0.100. The number of aryl methyl sites for hydroxylation is 1. The van der Waals surface area contributed by atoms with E-state index in [2.05, 4.69) is 0 Å². The van der Waals surface area contributed by atoms with Gasteiger partial charge in [-0.25, -0.2) is 13.6 Å². The first kappa shape index (κ1) is 22.4. The Morgan fingerprint density at radius 2 is 1.90 bits per heavy atom. The fourth-order valence-corrected chi connectivity index (χ4v) is 3.87. The molecule has 0 atom stereocenters. The molecule has 2 aromatic carbocycles. The van der Waals surface area contributed by atoms with Crippen LogP contribution in [0.1, 0.15) is 15.9 Å². The first-order valence-electron chi connectivity index (χ1n) is 8.22. The molecule has 1 aromatic heterocycles. The molecule has 0 aliphatic heterocycles. The quantitative estimate of drug-likeness (QED) is 0.300. The molecular formula is C20H18F2N2O3S2. The molecule has 152 valence electrons. The van der Waals surface area contributed by atoms with Crippen molar-refractivity contribution < 1.29 is 23.5 Å². The minimum atomic E-state index is -1.14.